The maximum Gasteiger partial charge on any atom is 0.320 e. The molecule has 0 bridgehead atoms. The van der Waals surface area contributed by atoms with Crippen LogP contribution in [0, 0.1) is 10.5 Å². The molecular formula is C11H13IN4O. The maximum absolute atomic E-state index is 5.42. The van der Waals surface area contributed by atoms with Crippen LogP contribution < -0.4 is 10.6 Å². The van der Waals surface area contributed by atoms with Crippen molar-refractivity contribution in [1.29, 1.82) is 0 Å². The second-order valence-corrected chi connectivity index (χ2v) is 4.86. The van der Waals surface area contributed by atoms with Gasteiger partial charge in [-0.05, 0) is 54.3 Å². The SMILES string of the molecule is CNCc1nnc(Nc2cc(I)ccc2C)o1. The second-order valence-electron chi connectivity index (χ2n) is 3.62. The Morgan fingerprint density at radius 1 is 1.35 bits per heavy atom. The Labute approximate surface area is 113 Å². The molecule has 1 aromatic carbocycles. The van der Waals surface area contributed by atoms with Gasteiger partial charge in [-0.3, -0.25) is 0 Å². The van der Waals surface area contributed by atoms with Gasteiger partial charge in [-0.1, -0.05) is 11.2 Å². The topological polar surface area (TPSA) is 63.0 Å². The van der Waals surface area contributed by atoms with Crippen molar-refractivity contribution in [2.75, 3.05) is 12.4 Å². The molecule has 2 aromatic rings. The molecule has 0 atom stereocenters. The van der Waals surface area contributed by atoms with E-state index in [-0.39, 0.29) is 0 Å². The van der Waals surface area contributed by atoms with Gasteiger partial charge in [0.25, 0.3) is 0 Å². The van der Waals surface area contributed by atoms with E-state index >= 15 is 0 Å². The Kier molecular flexibility index (Phi) is 3.95. The third-order valence-corrected chi connectivity index (χ3v) is 2.91. The molecule has 5 nitrogen and oxygen atoms in total. The minimum absolute atomic E-state index is 0.417. The number of nitrogens with zero attached hydrogens (tertiary/aromatic N) is 2. The van der Waals surface area contributed by atoms with E-state index in [4.69, 9.17) is 4.42 Å². The van der Waals surface area contributed by atoms with E-state index in [1.54, 1.807) is 0 Å². The quantitative estimate of drug-likeness (QED) is 0.835. The largest absolute Gasteiger partial charge is 0.406 e. The fourth-order valence-corrected chi connectivity index (χ4v) is 1.86. The van der Waals surface area contributed by atoms with Crippen LogP contribution in [-0.2, 0) is 6.54 Å². The summed E-state index contributed by atoms with van der Waals surface area (Å²) >= 11 is 2.27. The lowest BCUT2D eigenvalue weighted by Crippen LogP contribution is -2.04. The first-order chi connectivity index (χ1) is 8.19. The van der Waals surface area contributed by atoms with E-state index in [1.807, 2.05) is 20.0 Å². The summed E-state index contributed by atoms with van der Waals surface area (Å²) < 4.78 is 6.58. The van der Waals surface area contributed by atoms with Gasteiger partial charge < -0.3 is 15.1 Å². The van der Waals surface area contributed by atoms with Gasteiger partial charge >= 0.3 is 6.01 Å². The standard InChI is InChI=1S/C11H13IN4O/c1-7-3-4-8(12)5-9(7)14-11-16-15-10(17-11)6-13-2/h3-5,13H,6H2,1-2H3,(H,14,16). The monoisotopic (exact) mass is 344 g/mol. The van der Waals surface area contributed by atoms with Gasteiger partial charge in [0, 0.05) is 9.26 Å². The predicted octanol–water partition coefficient (Wildman–Crippen LogP) is 2.45. The van der Waals surface area contributed by atoms with Crippen molar-refractivity contribution in [3.8, 4) is 0 Å². The Morgan fingerprint density at radius 3 is 2.94 bits per heavy atom. The fraction of sp³-hybridized carbons (Fsp3) is 0.273. The lowest BCUT2D eigenvalue weighted by molar-refractivity contribution is 0.493. The highest BCUT2D eigenvalue weighted by Crippen LogP contribution is 2.21. The van der Waals surface area contributed by atoms with Crippen LogP contribution in [0.25, 0.3) is 0 Å². The zero-order valence-electron chi connectivity index (χ0n) is 9.62. The number of rotatable bonds is 4. The predicted molar refractivity (Wildman–Crippen MR) is 74.2 cm³/mol. The average Bonchev–Trinajstić information content (AvgIpc) is 2.72. The summed E-state index contributed by atoms with van der Waals surface area (Å²) in [6.07, 6.45) is 0. The molecule has 1 heterocycles. The third kappa shape index (κ3) is 3.16. The van der Waals surface area contributed by atoms with E-state index in [0.29, 0.717) is 18.5 Å². The summed E-state index contributed by atoms with van der Waals surface area (Å²) in [6.45, 7) is 2.60. The van der Waals surface area contributed by atoms with Gasteiger partial charge in [-0.2, -0.15) is 0 Å². The Hall–Kier alpha value is -1.15. The summed E-state index contributed by atoms with van der Waals surface area (Å²) in [5.41, 5.74) is 2.12. The molecule has 17 heavy (non-hydrogen) atoms. The molecule has 1 aromatic heterocycles. The zero-order chi connectivity index (χ0) is 12.3. The van der Waals surface area contributed by atoms with E-state index in [9.17, 15) is 0 Å². The van der Waals surface area contributed by atoms with Crippen molar-refractivity contribution >= 4 is 34.3 Å². The zero-order valence-corrected chi connectivity index (χ0v) is 11.8. The Morgan fingerprint density at radius 2 is 2.18 bits per heavy atom. The third-order valence-electron chi connectivity index (χ3n) is 2.24. The smallest absolute Gasteiger partial charge is 0.320 e. The molecule has 2 N–H and O–H groups in total. The molecule has 0 spiro atoms. The summed E-state index contributed by atoms with van der Waals surface area (Å²) in [5.74, 6) is 0.568. The minimum Gasteiger partial charge on any atom is -0.406 e. The number of benzene rings is 1. The van der Waals surface area contributed by atoms with Crippen LogP contribution in [0.15, 0.2) is 22.6 Å². The number of halogens is 1. The Balaban J connectivity index is 2.16. The highest BCUT2D eigenvalue weighted by atomic mass is 127. The second kappa shape index (κ2) is 5.46. The number of aromatic nitrogens is 2. The highest BCUT2D eigenvalue weighted by molar-refractivity contribution is 14.1. The van der Waals surface area contributed by atoms with Crippen LogP contribution in [0.3, 0.4) is 0 Å². The maximum atomic E-state index is 5.42. The van der Waals surface area contributed by atoms with Gasteiger partial charge in [0.2, 0.25) is 5.89 Å². The molecule has 6 heteroatoms. The van der Waals surface area contributed by atoms with Gasteiger partial charge in [0.15, 0.2) is 0 Å². The lowest BCUT2D eigenvalue weighted by atomic mass is 10.2. The van der Waals surface area contributed by atoms with Crippen LogP contribution in [0.5, 0.6) is 0 Å². The summed E-state index contributed by atoms with van der Waals surface area (Å²) in [7, 11) is 1.83. The first kappa shape index (κ1) is 12.3. The van der Waals surface area contributed by atoms with Crippen molar-refractivity contribution in [3.63, 3.8) is 0 Å². The van der Waals surface area contributed by atoms with E-state index in [2.05, 4.69) is 55.6 Å². The van der Waals surface area contributed by atoms with Crippen molar-refractivity contribution in [3.05, 3.63) is 33.2 Å². The number of hydrogen-bond acceptors (Lipinski definition) is 5. The molecule has 0 saturated heterocycles. The fourth-order valence-electron chi connectivity index (χ4n) is 1.37. The molecule has 0 aliphatic rings. The van der Waals surface area contributed by atoms with Crippen molar-refractivity contribution in [1.82, 2.24) is 15.5 Å². The van der Waals surface area contributed by atoms with E-state index < -0.39 is 0 Å². The number of anilines is 2. The normalized spacial score (nSPS) is 10.5. The number of hydrogen-bond donors (Lipinski definition) is 2. The van der Waals surface area contributed by atoms with Crippen LogP contribution >= 0.6 is 22.6 Å². The first-order valence-corrected chi connectivity index (χ1v) is 6.27. The van der Waals surface area contributed by atoms with Crippen molar-refractivity contribution in [2.24, 2.45) is 0 Å². The number of nitrogens with one attached hydrogen (secondary N) is 2. The molecule has 0 aliphatic heterocycles. The lowest BCUT2D eigenvalue weighted by Gasteiger charge is -2.05. The molecule has 90 valence electrons. The van der Waals surface area contributed by atoms with Gasteiger partial charge in [0.1, 0.15) is 0 Å². The molecule has 0 amide bonds. The van der Waals surface area contributed by atoms with Crippen LogP contribution in [0.2, 0.25) is 0 Å². The van der Waals surface area contributed by atoms with Crippen LogP contribution in [0.4, 0.5) is 11.7 Å². The molecular weight excluding hydrogens is 331 g/mol. The van der Waals surface area contributed by atoms with E-state index in [1.165, 1.54) is 0 Å². The molecule has 0 saturated carbocycles. The molecule has 0 aliphatic carbocycles. The highest BCUT2D eigenvalue weighted by Gasteiger charge is 2.06. The molecule has 0 unspecified atom stereocenters. The minimum atomic E-state index is 0.417. The Bertz CT molecular complexity index is 512. The summed E-state index contributed by atoms with van der Waals surface area (Å²) in [4.78, 5) is 0. The van der Waals surface area contributed by atoms with Gasteiger partial charge in [0.05, 0.1) is 6.54 Å². The van der Waals surface area contributed by atoms with E-state index in [0.717, 1.165) is 14.8 Å². The van der Waals surface area contributed by atoms with Gasteiger partial charge in [-0.15, -0.1) is 5.10 Å². The van der Waals surface area contributed by atoms with Crippen molar-refractivity contribution in [2.45, 2.75) is 13.5 Å². The average molecular weight is 344 g/mol. The molecule has 0 fully saturated rings. The first-order valence-electron chi connectivity index (χ1n) is 5.19. The summed E-state index contributed by atoms with van der Waals surface area (Å²) in [6, 6.07) is 6.56. The summed E-state index contributed by atoms with van der Waals surface area (Å²) in [5, 5.41) is 13.9. The van der Waals surface area contributed by atoms with Crippen LogP contribution in [-0.4, -0.2) is 17.2 Å². The molecule has 2 rings (SSSR count). The number of aryl methyl sites for hydroxylation is 1. The van der Waals surface area contributed by atoms with Gasteiger partial charge in [-0.25, -0.2) is 0 Å². The van der Waals surface area contributed by atoms with Crippen molar-refractivity contribution < 1.29 is 4.42 Å². The van der Waals surface area contributed by atoms with Crippen LogP contribution in [0.1, 0.15) is 11.5 Å². The molecule has 0 radical (unpaired) electrons.